The van der Waals surface area contributed by atoms with E-state index in [0.717, 1.165) is 21.8 Å². The Bertz CT molecular complexity index is 1170. The van der Waals surface area contributed by atoms with E-state index in [1.54, 1.807) is 7.11 Å². The number of carbonyl (C=O) groups excluding carboxylic acids is 1. The van der Waals surface area contributed by atoms with Crippen LogP contribution in [-0.4, -0.2) is 34.9 Å². The van der Waals surface area contributed by atoms with E-state index in [2.05, 4.69) is 34.1 Å². The molecule has 0 spiro atoms. The summed E-state index contributed by atoms with van der Waals surface area (Å²) in [7, 11) is 1.69. The van der Waals surface area contributed by atoms with Gasteiger partial charge in [0.05, 0.1) is 29.4 Å². The van der Waals surface area contributed by atoms with Gasteiger partial charge in [0.2, 0.25) is 5.91 Å². The Balaban J connectivity index is 1.46. The number of hydrogen-bond acceptors (Lipinski definition) is 4. The normalized spacial score (nSPS) is 12.3. The summed E-state index contributed by atoms with van der Waals surface area (Å²) >= 11 is 1.46. The number of methoxy groups -OCH3 is 1. The number of amides is 1. The summed E-state index contributed by atoms with van der Waals surface area (Å²) in [5, 5.41) is 6.31. The second-order valence-electron chi connectivity index (χ2n) is 7.17. The highest BCUT2D eigenvalue weighted by Gasteiger charge is 2.15. The highest BCUT2D eigenvalue weighted by Crippen LogP contribution is 2.26. The summed E-state index contributed by atoms with van der Waals surface area (Å²) in [6.45, 7) is 3.32. The Morgan fingerprint density at radius 1 is 1.10 bits per heavy atom. The molecule has 154 valence electrons. The number of nitrogens with zero attached hydrogens (tertiary/aromatic N) is 2. The van der Waals surface area contributed by atoms with Crippen molar-refractivity contribution in [1.82, 2.24) is 14.9 Å². The zero-order valence-electron chi connectivity index (χ0n) is 17.2. The minimum atomic E-state index is -0.0727. The molecule has 1 heterocycles. The molecule has 0 aliphatic carbocycles. The number of aromatic nitrogens is 2. The van der Waals surface area contributed by atoms with Crippen molar-refractivity contribution in [2.45, 2.75) is 24.7 Å². The summed E-state index contributed by atoms with van der Waals surface area (Å²) < 4.78 is 7.36. The number of carbonyl (C=O) groups is 1. The molecule has 0 aliphatic rings. The van der Waals surface area contributed by atoms with Crippen LogP contribution in [0.5, 0.6) is 0 Å². The fraction of sp³-hybridized carbons (Fsp3) is 0.250. The molecule has 4 rings (SSSR count). The highest BCUT2D eigenvalue weighted by atomic mass is 32.2. The molecule has 1 amide bonds. The standard InChI is InChI=1S/C24H25N3O2S/c1-17(19-11-7-9-18-8-3-4-10-20(18)19)25-23(28)16-30-24-26-21-12-5-6-13-22(21)27(24)14-15-29-2/h3-13,17H,14-16H2,1-2H3,(H,25,28). The molecule has 0 bridgehead atoms. The van der Waals surface area contributed by atoms with Crippen LogP contribution in [0.2, 0.25) is 0 Å². The molecule has 0 aliphatic heterocycles. The summed E-state index contributed by atoms with van der Waals surface area (Å²) in [6, 6.07) is 22.4. The number of nitrogens with one attached hydrogen (secondary N) is 1. The molecular weight excluding hydrogens is 394 g/mol. The quantitative estimate of drug-likeness (QED) is 0.417. The molecule has 6 heteroatoms. The van der Waals surface area contributed by atoms with Crippen molar-refractivity contribution in [1.29, 1.82) is 0 Å². The maximum Gasteiger partial charge on any atom is 0.230 e. The Kier molecular flexibility index (Phi) is 6.35. The number of hydrogen-bond donors (Lipinski definition) is 1. The number of thioether (sulfide) groups is 1. The van der Waals surface area contributed by atoms with E-state index >= 15 is 0 Å². The molecule has 3 aromatic carbocycles. The van der Waals surface area contributed by atoms with Crippen molar-refractivity contribution in [3.8, 4) is 0 Å². The number of fused-ring (bicyclic) bond motifs is 2. The Labute approximate surface area is 180 Å². The van der Waals surface area contributed by atoms with Gasteiger partial charge < -0.3 is 14.6 Å². The van der Waals surface area contributed by atoms with Crippen LogP contribution in [0.25, 0.3) is 21.8 Å². The highest BCUT2D eigenvalue weighted by molar-refractivity contribution is 7.99. The molecule has 1 atom stereocenters. The van der Waals surface area contributed by atoms with Gasteiger partial charge in [-0.1, -0.05) is 66.4 Å². The molecule has 1 aromatic heterocycles. The van der Waals surface area contributed by atoms with Crippen molar-refractivity contribution in [2.75, 3.05) is 19.5 Å². The van der Waals surface area contributed by atoms with Crippen LogP contribution < -0.4 is 5.32 Å². The van der Waals surface area contributed by atoms with E-state index in [9.17, 15) is 4.79 Å². The first kappa shape index (κ1) is 20.4. The van der Waals surface area contributed by atoms with Crippen LogP contribution in [0.3, 0.4) is 0 Å². The van der Waals surface area contributed by atoms with Crippen molar-refractivity contribution >= 4 is 39.5 Å². The summed E-state index contributed by atoms with van der Waals surface area (Å²) in [6.07, 6.45) is 0. The minimum absolute atomic E-state index is 0.00854. The fourth-order valence-corrected chi connectivity index (χ4v) is 4.53. The van der Waals surface area contributed by atoms with Crippen molar-refractivity contribution < 1.29 is 9.53 Å². The first-order chi connectivity index (χ1) is 14.7. The van der Waals surface area contributed by atoms with E-state index < -0.39 is 0 Å². The van der Waals surface area contributed by atoms with Crippen LogP contribution in [-0.2, 0) is 16.1 Å². The van der Waals surface area contributed by atoms with E-state index in [0.29, 0.717) is 18.9 Å². The lowest BCUT2D eigenvalue weighted by molar-refractivity contribution is -0.119. The van der Waals surface area contributed by atoms with E-state index in [-0.39, 0.29) is 11.9 Å². The van der Waals surface area contributed by atoms with E-state index in [1.165, 1.54) is 22.5 Å². The Morgan fingerprint density at radius 3 is 2.73 bits per heavy atom. The maximum atomic E-state index is 12.7. The molecule has 1 N–H and O–H groups in total. The zero-order valence-corrected chi connectivity index (χ0v) is 18.0. The van der Waals surface area contributed by atoms with Gasteiger partial charge in [-0.2, -0.15) is 0 Å². The van der Waals surface area contributed by atoms with E-state index in [4.69, 9.17) is 9.72 Å². The molecule has 0 saturated heterocycles. The summed E-state index contributed by atoms with van der Waals surface area (Å²) in [5.74, 6) is 0.302. The molecule has 4 aromatic rings. The number of benzene rings is 3. The SMILES string of the molecule is COCCn1c(SCC(=O)NC(C)c2cccc3ccccc23)nc2ccccc21. The van der Waals surface area contributed by atoms with Crippen LogP contribution >= 0.6 is 11.8 Å². The van der Waals surface area contributed by atoms with E-state index in [1.807, 2.05) is 49.4 Å². The lowest BCUT2D eigenvalue weighted by atomic mass is 10.00. The third-order valence-electron chi connectivity index (χ3n) is 5.14. The first-order valence-corrected chi connectivity index (χ1v) is 11.0. The van der Waals surface area contributed by atoms with Crippen molar-refractivity contribution in [2.24, 2.45) is 0 Å². The molecule has 5 nitrogen and oxygen atoms in total. The first-order valence-electron chi connectivity index (χ1n) is 10.0. The monoisotopic (exact) mass is 419 g/mol. The van der Waals surface area contributed by atoms with Crippen LogP contribution in [0.4, 0.5) is 0 Å². The van der Waals surface area contributed by atoms with Gasteiger partial charge >= 0.3 is 0 Å². The zero-order chi connectivity index (χ0) is 20.9. The Hall–Kier alpha value is -2.83. The van der Waals surface area contributed by atoms with Crippen LogP contribution in [0, 0.1) is 0 Å². The topological polar surface area (TPSA) is 56.1 Å². The molecule has 1 unspecified atom stereocenters. The van der Waals surface area contributed by atoms with Gasteiger partial charge in [0.1, 0.15) is 0 Å². The number of imidazole rings is 1. The molecule has 30 heavy (non-hydrogen) atoms. The summed E-state index contributed by atoms with van der Waals surface area (Å²) in [4.78, 5) is 17.4. The van der Waals surface area contributed by atoms with Gasteiger partial charge in [0.25, 0.3) is 0 Å². The van der Waals surface area contributed by atoms with Crippen molar-refractivity contribution in [3.63, 3.8) is 0 Å². The van der Waals surface area contributed by atoms with Crippen LogP contribution in [0.15, 0.2) is 71.9 Å². The second kappa shape index (κ2) is 9.32. The van der Waals surface area contributed by atoms with Gasteiger partial charge in [-0.15, -0.1) is 0 Å². The smallest absolute Gasteiger partial charge is 0.230 e. The average molecular weight is 420 g/mol. The molecule has 0 saturated carbocycles. The number of para-hydroxylation sites is 2. The lowest BCUT2D eigenvalue weighted by Crippen LogP contribution is -2.28. The predicted molar refractivity (Wildman–Crippen MR) is 123 cm³/mol. The third-order valence-corrected chi connectivity index (χ3v) is 6.11. The number of ether oxygens (including phenoxy) is 1. The second-order valence-corrected chi connectivity index (χ2v) is 8.12. The minimum Gasteiger partial charge on any atom is -0.383 e. The summed E-state index contributed by atoms with van der Waals surface area (Å²) in [5.41, 5.74) is 3.11. The maximum absolute atomic E-state index is 12.7. The van der Waals surface area contributed by atoms with Gasteiger partial charge in [-0.3, -0.25) is 4.79 Å². The van der Waals surface area contributed by atoms with Gasteiger partial charge in [-0.25, -0.2) is 4.98 Å². The fourth-order valence-electron chi connectivity index (χ4n) is 3.68. The van der Waals surface area contributed by atoms with Gasteiger partial charge in [-0.05, 0) is 35.4 Å². The van der Waals surface area contributed by atoms with Gasteiger partial charge in [0, 0.05) is 13.7 Å². The average Bonchev–Trinajstić information content (AvgIpc) is 3.13. The largest absolute Gasteiger partial charge is 0.383 e. The third kappa shape index (κ3) is 4.35. The lowest BCUT2D eigenvalue weighted by Gasteiger charge is -2.16. The van der Waals surface area contributed by atoms with Gasteiger partial charge in [0.15, 0.2) is 5.16 Å². The predicted octanol–water partition coefficient (Wildman–Crippen LogP) is 4.81. The van der Waals surface area contributed by atoms with Crippen molar-refractivity contribution in [3.05, 3.63) is 72.3 Å². The molecule has 0 radical (unpaired) electrons. The number of rotatable bonds is 8. The Morgan fingerprint density at radius 2 is 1.87 bits per heavy atom. The molecule has 0 fully saturated rings. The van der Waals surface area contributed by atoms with Crippen LogP contribution in [0.1, 0.15) is 18.5 Å². The molecular formula is C24H25N3O2S.